The fourth-order valence-electron chi connectivity index (χ4n) is 2.44. The highest BCUT2D eigenvalue weighted by molar-refractivity contribution is 5.78. The molecule has 1 aromatic rings. The van der Waals surface area contributed by atoms with Gasteiger partial charge in [0.1, 0.15) is 0 Å². The number of carbonyl (C=O) groups excluding carboxylic acids is 1. The number of hydrogen-bond acceptors (Lipinski definition) is 2. The van der Waals surface area contributed by atoms with Crippen LogP contribution in [0, 0.1) is 11.8 Å². The Bertz CT molecular complexity index is 442. The lowest BCUT2D eigenvalue weighted by molar-refractivity contribution is -0.125. The third-order valence-corrected chi connectivity index (χ3v) is 4.11. The van der Waals surface area contributed by atoms with E-state index in [0.717, 1.165) is 13.0 Å². The van der Waals surface area contributed by atoms with Crippen molar-refractivity contribution < 1.29 is 4.79 Å². The minimum absolute atomic E-state index is 0.0684. The molecule has 2 rings (SSSR count). The predicted octanol–water partition coefficient (Wildman–Crippen LogP) is 2.28. The van der Waals surface area contributed by atoms with E-state index < -0.39 is 0 Å². The monoisotopic (exact) mass is 260 g/mol. The van der Waals surface area contributed by atoms with Gasteiger partial charge in [-0.25, -0.2) is 0 Å². The molecule has 2 N–H and O–H groups in total. The summed E-state index contributed by atoms with van der Waals surface area (Å²) in [4.78, 5) is 12.0. The summed E-state index contributed by atoms with van der Waals surface area (Å²) >= 11 is 0. The highest BCUT2D eigenvalue weighted by atomic mass is 16.1. The number of hydrogen-bond donors (Lipinski definition) is 2. The van der Waals surface area contributed by atoms with Gasteiger partial charge in [-0.05, 0) is 30.0 Å². The molecule has 0 radical (unpaired) electrons. The van der Waals surface area contributed by atoms with Gasteiger partial charge in [0.2, 0.25) is 5.91 Å². The minimum Gasteiger partial charge on any atom is -0.354 e. The van der Waals surface area contributed by atoms with Crippen LogP contribution in [0.4, 0.5) is 0 Å². The standard InChI is InChI=1S/C16H24N2O/c1-11(2)12(3)16(19)18-10-15-14-7-5-4-6-13(14)8-9-17-15/h4-7,11-12,15,17H,8-10H2,1-3H3,(H,18,19). The topological polar surface area (TPSA) is 41.1 Å². The third-order valence-electron chi connectivity index (χ3n) is 4.11. The fourth-order valence-corrected chi connectivity index (χ4v) is 2.44. The number of nitrogens with one attached hydrogen (secondary N) is 2. The van der Waals surface area contributed by atoms with Gasteiger partial charge < -0.3 is 10.6 Å². The van der Waals surface area contributed by atoms with Crippen molar-refractivity contribution >= 4 is 5.91 Å². The number of benzene rings is 1. The molecule has 1 heterocycles. The molecule has 2 atom stereocenters. The smallest absolute Gasteiger partial charge is 0.223 e. The summed E-state index contributed by atoms with van der Waals surface area (Å²) in [5.41, 5.74) is 2.73. The molecule has 19 heavy (non-hydrogen) atoms. The quantitative estimate of drug-likeness (QED) is 0.872. The van der Waals surface area contributed by atoms with Gasteiger partial charge in [0, 0.05) is 18.5 Å². The van der Waals surface area contributed by atoms with E-state index in [0.29, 0.717) is 12.5 Å². The summed E-state index contributed by atoms with van der Waals surface area (Å²) in [5, 5.41) is 6.56. The molecular formula is C16H24N2O. The number of carbonyl (C=O) groups is 1. The van der Waals surface area contributed by atoms with Crippen molar-refractivity contribution in [2.45, 2.75) is 33.2 Å². The molecule has 0 bridgehead atoms. The summed E-state index contributed by atoms with van der Waals surface area (Å²) in [7, 11) is 0. The highest BCUT2D eigenvalue weighted by Gasteiger charge is 2.21. The number of fused-ring (bicyclic) bond motifs is 1. The second-order valence-corrected chi connectivity index (χ2v) is 5.73. The summed E-state index contributed by atoms with van der Waals surface area (Å²) in [6, 6.07) is 8.73. The average Bonchev–Trinajstić information content (AvgIpc) is 2.43. The first kappa shape index (κ1) is 14.1. The van der Waals surface area contributed by atoms with E-state index in [2.05, 4.69) is 48.7 Å². The molecular weight excluding hydrogens is 236 g/mol. The van der Waals surface area contributed by atoms with Crippen LogP contribution >= 0.6 is 0 Å². The van der Waals surface area contributed by atoms with Gasteiger partial charge in [-0.15, -0.1) is 0 Å². The predicted molar refractivity (Wildman–Crippen MR) is 77.9 cm³/mol. The van der Waals surface area contributed by atoms with E-state index in [9.17, 15) is 4.79 Å². The summed E-state index contributed by atoms with van der Waals surface area (Å²) in [6.07, 6.45) is 1.07. The van der Waals surface area contributed by atoms with Gasteiger partial charge >= 0.3 is 0 Å². The first-order valence-corrected chi connectivity index (χ1v) is 7.18. The maximum Gasteiger partial charge on any atom is 0.223 e. The number of amides is 1. The van der Waals surface area contributed by atoms with E-state index in [4.69, 9.17) is 0 Å². The summed E-state index contributed by atoms with van der Waals surface area (Å²) < 4.78 is 0. The van der Waals surface area contributed by atoms with Crippen molar-refractivity contribution in [3.8, 4) is 0 Å². The molecule has 1 aromatic carbocycles. The molecule has 0 saturated heterocycles. The van der Waals surface area contributed by atoms with Crippen molar-refractivity contribution in [2.75, 3.05) is 13.1 Å². The van der Waals surface area contributed by atoms with E-state index in [-0.39, 0.29) is 17.9 Å². The van der Waals surface area contributed by atoms with Crippen LogP contribution in [0.5, 0.6) is 0 Å². The normalized spacial score (nSPS) is 19.9. The van der Waals surface area contributed by atoms with E-state index in [1.165, 1.54) is 11.1 Å². The largest absolute Gasteiger partial charge is 0.354 e. The molecule has 1 amide bonds. The molecule has 2 unspecified atom stereocenters. The van der Waals surface area contributed by atoms with Gasteiger partial charge in [0.15, 0.2) is 0 Å². The van der Waals surface area contributed by atoms with Crippen molar-refractivity contribution in [3.05, 3.63) is 35.4 Å². The molecule has 0 saturated carbocycles. The van der Waals surface area contributed by atoms with Crippen LogP contribution in [-0.4, -0.2) is 19.0 Å². The molecule has 1 aliphatic rings. The lowest BCUT2D eigenvalue weighted by atomic mass is 9.93. The van der Waals surface area contributed by atoms with Crippen molar-refractivity contribution in [3.63, 3.8) is 0 Å². The zero-order valence-electron chi connectivity index (χ0n) is 12.1. The van der Waals surface area contributed by atoms with E-state index in [1.54, 1.807) is 0 Å². The minimum atomic E-state index is 0.0684. The molecule has 0 spiro atoms. The van der Waals surface area contributed by atoms with Crippen molar-refractivity contribution in [1.82, 2.24) is 10.6 Å². The maximum atomic E-state index is 12.0. The van der Waals surface area contributed by atoms with Crippen molar-refractivity contribution in [2.24, 2.45) is 11.8 Å². The molecule has 1 aliphatic heterocycles. The molecule has 0 aliphatic carbocycles. The van der Waals surface area contributed by atoms with Crippen LogP contribution in [0.1, 0.15) is 37.9 Å². The van der Waals surface area contributed by atoms with Gasteiger partial charge in [-0.3, -0.25) is 4.79 Å². The highest BCUT2D eigenvalue weighted by Crippen LogP contribution is 2.22. The van der Waals surface area contributed by atoms with Crippen LogP contribution in [0.25, 0.3) is 0 Å². The van der Waals surface area contributed by atoms with Crippen LogP contribution in [-0.2, 0) is 11.2 Å². The van der Waals surface area contributed by atoms with E-state index >= 15 is 0 Å². The van der Waals surface area contributed by atoms with Crippen molar-refractivity contribution in [1.29, 1.82) is 0 Å². The Morgan fingerprint density at radius 2 is 2.11 bits per heavy atom. The summed E-state index contributed by atoms with van der Waals surface area (Å²) in [6.45, 7) is 7.81. The Labute approximate surface area is 115 Å². The van der Waals surface area contributed by atoms with Gasteiger partial charge in [0.25, 0.3) is 0 Å². The Morgan fingerprint density at radius 1 is 1.37 bits per heavy atom. The Morgan fingerprint density at radius 3 is 2.84 bits per heavy atom. The summed E-state index contributed by atoms with van der Waals surface area (Å²) in [5.74, 6) is 0.602. The average molecular weight is 260 g/mol. The maximum absolute atomic E-state index is 12.0. The Hall–Kier alpha value is -1.35. The van der Waals surface area contributed by atoms with Gasteiger partial charge in [-0.1, -0.05) is 45.0 Å². The second kappa shape index (κ2) is 6.20. The molecule has 0 aromatic heterocycles. The van der Waals surface area contributed by atoms with Gasteiger partial charge in [-0.2, -0.15) is 0 Å². The first-order valence-electron chi connectivity index (χ1n) is 7.18. The molecule has 3 heteroatoms. The van der Waals surface area contributed by atoms with Gasteiger partial charge in [0.05, 0.1) is 0 Å². The van der Waals surface area contributed by atoms with Crippen LogP contribution < -0.4 is 10.6 Å². The fraction of sp³-hybridized carbons (Fsp3) is 0.562. The zero-order valence-corrected chi connectivity index (χ0v) is 12.1. The second-order valence-electron chi connectivity index (χ2n) is 5.73. The van der Waals surface area contributed by atoms with Crippen LogP contribution in [0.15, 0.2) is 24.3 Å². The first-order chi connectivity index (χ1) is 9.09. The molecule has 104 valence electrons. The van der Waals surface area contributed by atoms with Crippen LogP contribution in [0.3, 0.4) is 0 Å². The lowest BCUT2D eigenvalue weighted by Gasteiger charge is -2.27. The van der Waals surface area contributed by atoms with E-state index in [1.807, 2.05) is 6.92 Å². The SMILES string of the molecule is CC(C)C(C)C(=O)NCC1NCCc2ccccc21. The Kier molecular flexibility index (Phi) is 4.59. The molecule has 0 fully saturated rings. The lowest BCUT2D eigenvalue weighted by Crippen LogP contribution is -2.41. The molecule has 3 nitrogen and oxygen atoms in total. The zero-order chi connectivity index (χ0) is 13.8. The number of rotatable bonds is 4. The third kappa shape index (κ3) is 3.35. The Balaban J connectivity index is 1.96. The van der Waals surface area contributed by atoms with Crippen LogP contribution in [0.2, 0.25) is 0 Å².